The first-order valence-electron chi connectivity index (χ1n) is 3.64. The zero-order chi connectivity index (χ0) is 6.32. The molecule has 0 amide bonds. The Morgan fingerprint density at radius 3 is 2.67 bits per heavy atom. The Morgan fingerprint density at radius 1 is 1.44 bits per heavy atom. The Labute approximate surface area is 55.4 Å². The van der Waals surface area contributed by atoms with Crippen LogP contribution in [0.15, 0.2) is 0 Å². The van der Waals surface area contributed by atoms with Crippen LogP contribution in [-0.2, 0) is 4.74 Å². The smallest absolute Gasteiger partial charge is 0.0524 e. The Kier molecular flexibility index (Phi) is 1.08. The third kappa shape index (κ3) is 0.775. The summed E-state index contributed by atoms with van der Waals surface area (Å²) in [7, 11) is 0. The van der Waals surface area contributed by atoms with Crippen molar-refractivity contribution in [2.45, 2.75) is 25.3 Å². The molecule has 2 rings (SSSR count). The van der Waals surface area contributed by atoms with Crippen LogP contribution in [0.3, 0.4) is 0 Å². The molecule has 1 saturated heterocycles. The van der Waals surface area contributed by atoms with Crippen molar-refractivity contribution in [3.05, 3.63) is 0 Å². The Hall–Kier alpha value is -0.0800. The first kappa shape index (κ1) is 5.69. The summed E-state index contributed by atoms with van der Waals surface area (Å²) in [6.07, 6.45) is 3.65. The minimum atomic E-state index is 0.478. The maximum atomic E-state index is 5.68. The van der Waals surface area contributed by atoms with Gasteiger partial charge in [0, 0.05) is 12.6 Å². The Balaban J connectivity index is 1.95. The van der Waals surface area contributed by atoms with E-state index >= 15 is 0 Å². The molecule has 0 aromatic heterocycles. The van der Waals surface area contributed by atoms with Crippen molar-refractivity contribution in [1.82, 2.24) is 0 Å². The van der Waals surface area contributed by atoms with Gasteiger partial charge in [-0.1, -0.05) is 0 Å². The van der Waals surface area contributed by atoms with E-state index < -0.39 is 0 Å². The lowest BCUT2D eigenvalue weighted by molar-refractivity contribution is 0.0743. The molecule has 2 nitrogen and oxygen atoms in total. The van der Waals surface area contributed by atoms with Crippen LogP contribution < -0.4 is 5.73 Å². The molecule has 0 bridgehead atoms. The highest BCUT2D eigenvalue weighted by molar-refractivity contribution is 4.97. The van der Waals surface area contributed by atoms with Crippen molar-refractivity contribution >= 4 is 0 Å². The molecule has 2 fully saturated rings. The van der Waals surface area contributed by atoms with E-state index in [-0.39, 0.29) is 0 Å². The van der Waals surface area contributed by atoms with E-state index in [1.807, 2.05) is 0 Å². The molecule has 0 atom stereocenters. The maximum Gasteiger partial charge on any atom is 0.0524 e. The van der Waals surface area contributed by atoms with E-state index in [0.29, 0.717) is 11.5 Å². The first-order valence-corrected chi connectivity index (χ1v) is 3.64. The Bertz CT molecular complexity index is 110. The summed E-state index contributed by atoms with van der Waals surface area (Å²) in [5.41, 5.74) is 6.22. The fourth-order valence-electron chi connectivity index (χ4n) is 2.02. The molecule has 0 aromatic rings. The van der Waals surface area contributed by atoms with Crippen molar-refractivity contribution in [2.75, 3.05) is 13.2 Å². The van der Waals surface area contributed by atoms with Crippen molar-refractivity contribution in [1.29, 1.82) is 0 Å². The molecule has 1 saturated carbocycles. The molecule has 0 aromatic carbocycles. The van der Waals surface area contributed by atoms with Crippen LogP contribution in [0.4, 0.5) is 0 Å². The lowest BCUT2D eigenvalue weighted by Crippen LogP contribution is -2.46. The molecule has 1 aliphatic heterocycles. The predicted octanol–water partition coefficient (Wildman–Crippen LogP) is 0.514. The van der Waals surface area contributed by atoms with Gasteiger partial charge in [-0.2, -0.15) is 0 Å². The highest BCUT2D eigenvalue weighted by Gasteiger charge is 2.44. The summed E-state index contributed by atoms with van der Waals surface area (Å²) in [5.74, 6) is 0. The van der Waals surface area contributed by atoms with Gasteiger partial charge in [0.1, 0.15) is 0 Å². The molecule has 1 heterocycles. The molecular weight excluding hydrogens is 114 g/mol. The van der Waals surface area contributed by atoms with Gasteiger partial charge in [-0.15, -0.1) is 0 Å². The van der Waals surface area contributed by atoms with Crippen LogP contribution in [-0.4, -0.2) is 19.3 Å². The molecule has 9 heavy (non-hydrogen) atoms. The van der Waals surface area contributed by atoms with Crippen LogP contribution in [0.2, 0.25) is 0 Å². The molecule has 0 unspecified atom stereocenters. The van der Waals surface area contributed by atoms with Crippen molar-refractivity contribution < 1.29 is 4.74 Å². The molecule has 2 aliphatic rings. The number of hydrogen-bond acceptors (Lipinski definition) is 2. The van der Waals surface area contributed by atoms with Gasteiger partial charge in [-0.05, 0) is 24.7 Å². The van der Waals surface area contributed by atoms with E-state index in [2.05, 4.69) is 0 Å². The number of nitrogens with two attached hydrogens (primary N) is 1. The molecule has 2 N–H and O–H groups in total. The topological polar surface area (TPSA) is 35.2 Å². The monoisotopic (exact) mass is 127 g/mol. The highest BCUT2D eigenvalue weighted by atomic mass is 16.5. The predicted molar refractivity (Wildman–Crippen MR) is 35.1 cm³/mol. The van der Waals surface area contributed by atoms with Crippen LogP contribution in [0.5, 0.6) is 0 Å². The average Bonchev–Trinajstić information content (AvgIpc) is 2.12. The second-order valence-corrected chi connectivity index (χ2v) is 3.47. The molecule has 1 aliphatic carbocycles. The minimum Gasteiger partial charge on any atom is -0.381 e. The van der Waals surface area contributed by atoms with Crippen molar-refractivity contribution in [3.63, 3.8) is 0 Å². The Morgan fingerprint density at radius 2 is 2.22 bits per heavy atom. The quantitative estimate of drug-likeness (QED) is 0.514. The summed E-state index contributed by atoms with van der Waals surface area (Å²) < 4.78 is 5.30. The molecular formula is C7H13NO. The summed E-state index contributed by atoms with van der Waals surface area (Å²) in [6, 6.07) is 0.478. The SMILES string of the molecule is NC1CC2(CCOC2)C1. The summed E-state index contributed by atoms with van der Waals surface area (Å²) in [5, 5.41) is 0. The van der Waals surface area contributed by atoms with E-state index in [9.17, 15) is 0 Å². The van der Waals surface area contributed by atoms with Gasteiger partial charge in [-0.25, -0.2) is 0 Å². The second kappa shape index (κ2) is 1.70. The van der Waals surface area contributed by atoms with Gasteiger partial charge in [0.25, 0.3) is 0 Å². The van der Waals surface area contributed by atoms with E-state index in [4.69, 9.17) is 10.5 Å². The van der Waals surface area contributed by atoms with Gasteiger partial charge < -0.3 is 10.5 Å². The molecule has 2 heteroatoms. The lowest BCUT2D eigenvalue weighted by Gasteiger charge is -2.42. The second-order valence-electron chi connectivity index (χ2n) is 3.47. The van der Waals surface area contributed by atoms with Crippen molar-refractivity contribution in [3.8, 4) is 0 Å². The molecule has 52 valence electrons. The van der Waals surface area contributed by atoms with Gasteiger partial charge in [-0.3, -0.25) is 0 Å². The minimum absolute atomic E-state index is 0.478. The number of rotatable bonds is 0. The van der Waals surface area contributed by atoms with E-state index in [1.165, 1.54) is 19.3 Å². The van der Waals surface area contributed by atoms with Crippen LogP contribution in [0, 0.1) is 5.41 Å². The fraction of sp³-hybridized carbons (Fsp3) is 1.00. The van der Waals surface area contributed by atoms with Gasteiger partial charge in [0.05, 0.1) is 6.61 Å². The van der Waals surface area contributed by atoms with E-state index in [0.717, 1.165) is 13.2 Å². The summed E-state index contributed by atoms with van der Waals surface area (Å²) in [6.45, 7) is 1.94. The third-order valence-corrected chi connectivity index (χ3v) is 2.58. The van der Waals surface area contributed by atoms with Crippen LogP contribution in [0.1, 0.15) is 19.3 Å². The zero-order valence-electron chi connectivity index (χ0n) is 5.60. The first-order chi connectivity index (χ1) is 4.31. The maximum absolute atomic E-state index is 5.68. The summed E-state index contributed by atoms with van der Waals surface area (Å²) >= 11 is 0. The third-order valence-electron chi connectivity index (χ3n) is 2.58. The number of ether oxygens (including phenoxy) is 1. The molecule has 0 radical (unpaired) electrons. The standard InChI is InChI=1S/C7H13NO/c8-6-3-7(4-6)1-2-9-5-7/h6H,1-5,8H2. The van der Waals surface area contributed by atoms with Crippen molar-refractivity contribution in [2.24, 2.45) is 11.1 Å². The average molecular weight is 127 g/mol. The highest BCUT2D eigenvalue weighted by Crippen LogP contribution is 2.46. The fourth-order valence-corrected chi connectivity index (χ4v) is 2.02. The normalized spacial score (nSPS) is 49.7. The van der Waals surface area contributed by atoms with Crippen LogP contribution >= 0.6 is 0 Å². The van der Waals surface area contributed by atoms with Gasteiger partial charge >= 0.3 is 0 Å². The number of hydrogen-bond donors (Lipinski definition) is 1. The van der Waals surface area contributed by atoms with E-state index in [1.54, 1.807) is 0 Å². The molecule has 1 spiro atoms. The van der Waals surface area contributed by atoms with Gasteiger partial charge in [0.2, 0.25) is 0 Å². The lowest BCUT2D eigenvalue weighted by atomic mass is 9.65. The largest absolute Gasteiger partial charge is 0.381 e. The zero-order valence-corrected chi connectivity index (χ0v) is 5.60. The van der Waals surface area contributed by atoms with Crippen LogP contribution in [0.25, 0.3) is 0 Å². The summed E-state index contributed by atoms with van der Waals surface area (Å²) in [4.78, 5) is 0. The van der Waals surface area contributed by atoms with Gasteiger partial charge in [0.15, 0.2) is 0 Å².